The Morgan fingerprint density at radius 1 is 1.40 bits per heavy atom. The maximum Gasteiger partial charge on any atom is 0.0119 e. The van der Waals surface area contributed by atoms with Crippen molar-refractivity contribution in [3.05, 3.63) is 40.2 Å². The van der Waals surface area contributed by atoms with Crippen LogP contribution in [0.2, 0.25) is 0 Å². The smallest absolute Gasteiger partial charge is 0.0119 e. The summed E-state index contributed by atoms with van der Waals surface area (Å²) < 4.78 is 0. The predicted molar refractivity (Wildman–Crippen MR) is 61.1 cm³/mol. The maximum atomic E-state index is 11.8. The zero-order valence-corrected chi connectivity index (χ0v) is 9.07. The second-order valence-corrected chi connectivity index (χ2v) is 4.87. The SMILES string of the molecule is CC1CC2CCC=C3C=CC(=C32)CN1[O-]. The van der Waals surface area contributed by atoms with Crippen molar-refractivity contribution in [2.75, 3.05) is 6.54 Å². The van der Waals surface area contributed by atoms with Gasteiger partial charge < -0.3 is 10.3 Å². The van der Waals surface area contributed by atoms with Crippen molar-refractivity contribution in [3.8, 4) is 0 Å². The van der Waals surface area contributed by atoms with Gasteiger partial charge in [0, 0.05) is 6.54 Å². The minimum absolute atomic E-state index is 0.174. The molecule has 0 aromatic carbocycles. The molecule has 3 rings (SSSR count). The van der Waals surface area contributed by atoms with E-state index in [-0.39, 0.29) is 6.04 Å². The van der Waals surface area contributed by atoms with Crippen molar-refractivity contribution < 1.29 is 0 Å². The Labute approximate surface area is 90.5 Å². The van der Waals surface area contributed by atoms with Crippen LogP contribution in [-0.4, -0.2) is 17.6 Å². The molecule has 2 heteroatoms. The Kier molecular flexibility index (Phi) is 2.08. The van der Waals surface area contributed by atoms with Crippen molar-refractivity contribution in [1.82, 2.24) is 5.06 Å². The molecule has 0 aromatic rings. The lowest BCUT2D eigenvalue weighted by atomic mass is 9.81. The van der Waals surface area contributed by atoms with Gasteiger partial charge in [-0.1, -0.05) is 25.2 Å². The molecule has 0 radical (unpaired) electrons. The highest BCUT2D eigenvalue weighted by Gasteiger charge is 2.30. The van der Waals surface area contributed by atoms with E-state index >= 15 is 0 Å². The highest BCUT2D eigenvalue weighted by Crippen LogP contribution is 2.42. The van der Waals surface area contributed by atoms with Gasteiger partial charge in [0.1, 0.15) is 0 Å². The van der Waals surface area contributed by atoms with Crippen molar-refractivity contribution in [2.45, 2.75) is 32.2 Å². The largest absolute Gasteiger partial charge is 0.785 e. The molecule has 15 heavy (non-hydrogen) atoms. The normalized spacial score (nSPS) is 35.2. The Morgan fingerprint density at radius 3 is 3.13 bits per heavy atom. The molecule has 2 unspecified atom stereocenters. The van der Waals surface area contributed by atoms with E-state index in [4.69, 9.17) is 0 Å². The fourth-order valence-electron chi connectivity index (χ4n) is 3.04. The summed E-state index contributed by atoms with van der Waals surface area (Å²) in [6, 6.07) is 0.174. The van der Waals surface area contributed by atoms with Crippen LogP contribution in [-0.2, 0) is 0 Å². The molecule has 3 aliphatic rings. The van der Waals surface area contributed by atoms with Gasteiger partial charge in [-0.05, 0) is 47.9 Å². The number of rotatable bonds is 0. The van der Waals surface area contributed by atoms with E-state index in [9.17, 15) is 5.21 Å². The van der Waals surface area contributed by atoms with Crippen LogP contribution in [0.3, 0.4) is 0 Å². The first-order valence-electron chi connectivity index (χ1n) is 5.81. The first kappa shape index (κ1) is 9.37. The molecule has 0 N–H and O–H groups in total. The van der Waals surface area contributed by atoms with Gasteiger partial charge in [0.15, 0.2) is 0 Å². The van der Waals surface area contributed by atoms with E-state index in [0.717, 1.165) is 6.42 Å². The molecule has 1 aliphatic heterocycles. The lowest BCUT2D eigenvalue weighted by Crippen LogP contribution is -2.28. The van der Waals surface area contributed by atoms with Gasteiger partial charge in [-0.3, -0.25) is 0 Å². The van der Waals surface area contributed by atoms with E-state index in [1.165, 1.54) is 34.6 Å². The van der Waals surface area contributed by atoms with Crippen molar-refractivity contribution in [3.63, 3.8) is 0 Å². The number of allylic oxidation sites excluding steroid dienone is 4. The monoisotopic (exact) mass is 202 g/mol. The van der Waals surface area contributed by atoms with E-state index in [1.54, 1.807) is 0 Å². The highest BCUT2D eigenvalue weighted by atomic mass is 16.5. The Bertz CT molecular complexity index is 378. The molecule has 0 fully saturated rings. The molecule has 0 saturated carbocycles. The number of hydrogen-bond acceptors (Lipinski definition) is 2. The predicted octanol–water partition coefficient (Wildman–Crippen LogP) is 2.78. The van der Waals surface area contributed by atoms with Gasteiger partial charge in [-0.15, -0.1) is 0 Å². The van der Waals surface area contributed by atoms with Crippen LogP contribution in [0.15, 0.2) is 34.9 Å². The second-order valence-electron chi connectivity index (χ2n) is 4.87. The van der Waals surface area contributed by atoms with Gasteiger partial charge >= 0.3 is 0 Å². The minimum atomic E-state index is 0.174. The zero-order chi connectivity index (χ0) is 10.4. The van der Waals surface area contributed by atoms with Crippen LogP contribution in [0, 0.1) is 11.1 Å². The maximum absolute atomic E-state index is 11.8. The number of hydroxylamine groups is 2. The fraction of sp³-hybridized carbons (Fsp3) is 0.538. The molecule has 0 saturated heterocycles. The summed E-state index contributed by atoms with van der Waals surface area (Å²) in [5, 5.41) is 13.0. The summed E-state index contributed by atoms with van der Waals surface area (Å²) in [4.78, 5) is 0. The summed E-state index contributed by atoms with van der Waals surface area (Å²) in [6.45, 7) is 2.64. The minimum Gasteiger partial charge on any atom is -0.785 e. The molecular weight excluding hydrogens is 186 g/mol. The van der Waals surface area contributed by atoms with Gasteiger partial charge in [0.2, 0.25) is 0 Å². The Hall–Kier alpha value is -0.860. The van der Waals surface area contributed by atoms with Gasteiger partial charge in [0.05, 0.1) is 0 Å². The van der Waals surface area contributed by atoms with E-state index in [0.29, 0.717) is 12.5 Å². The average Bonchev–Trinajstić information content (AvgIpc) is 2.57. The summed E-state index contributed by atoms with van der Waals surface area (Å²) in [5.41, 5.74) is 4.14. The average molecular weight is 202 g/mol. The van der Waals surface area contributed by atoms with E-state index in [2.05, 4.69) is 25.2 Å². The second kappa shape index (κ2) is 3.32. The fourth-order valence-corrected chi connectivity index (χ4v) is 3.04. The topological polar surface area (TPSA) is 26.3 Å². The molecular formula is C13H16NO-. The van der Waals surface area contributed by atoms with E-state index in [1.807, 2.05) is 0 Å². The third-order valence-electron chi connectivity index (χ3n) is 3.85. The molecule has 2 atom stereocenters. The Morgan fingerprint density at radius 2 is 2.27 bits per heavy atom. The lowest BCUT2D eigenvalue weighted by molar-refractivity contribution is 0.286. The third kappa shape index (κ3) is 1.40. The van der Waals surface area contributed by atoms with Crippen LogP contribution >= 0.6 is 0 Å². The van der Waals surface area contributed by atoms with E-state index < -0.39 is 0 Å². The molecule has 0 aromatic heterocycles. The summed E-state index contributed by atoms with van der Waals surface area (Å²) in [6.07, 6.45) is 10.1. The lowest BCUT2D eigenvalue weighted by Gasteiger charge is -2.34. The molecule has 0 spiro atoms. The van der Waals surface area contributed by atoms with Crippen LogP contribution in [0.1, 0.15) is 26.2 Å². The standard InChI is InChI=1S/C13H16NO/c1-9-7-11-4-2-3-10-5-6-12(13(10)11)8-14(9)15/h3,5-6,9,11H,2,4,7-8H2,1H3/q-1. The number of nitrogens with zero attached hydrogens (tertiary/aromatic N) is 1. The van der Waals surface area contributed by atoms with Crippen molar-refractivity contribution in [2.24, 2.45) is 5.92 Å². The van der Waals surface area contributed by atoms with Crippen LogP contribution < -0.4 is 0 Å². The summed E-state index contributed by atoms with van der Waals surface area (Å²) in [5.74, 6) is 0.629. The van der Waals surface area contributed by atoms with Crippen molar-refractivity contribution >= 4 is 0 Å². The molecule has 80 valence electrons. The first-order valence-corrected chi connectivity index (χ1v) is 5.81. The molecule has 1 heterocycles. The van der Waals surface area contributed by atoms with Gasteiger partial charge in [0.25, 0.3) is 0 Å². The van der Waals surface area contributed by atoms with Crippen LogP contribution in [0.25, 0.3) is 0 Å². The molecule has 0 amide bonds. The van der Waals surface area contributed by atoms with Gasteiger partial charge in [-0.2, -0.15) is 0 Å². The van der Waals surface area contributed by atoms with Crippen molar-refractivity contribution in [1.29, 1.82) is 0 Å². The van der Waals surface area contributed by atoms with Crippen LogP contribution in [0.5, 0.6) is 0 Å². The number of hydrogen-bond donors (Lipinski definition) is 0. The molecule has 2 aliphatic carbocycles. The zero-order valence-electron chi connectivity index (χ0n) is 9.07. The first-order chi connectivity index (χ1) is 7.25. The quantitative estimate of drug-likeness (QED) is 0.603. The highest BCUT2D eigenvalue weighted by molar-refractivity contribution is 5.56. The summed E-state index contributed by atoms with van der Waals surface area (Å²) in [7, 11) is 0. The van der Waals surface area contributed by atoms with Gasteiger partial charge in [-0.25, -0.2) is 0 Å². The summed E-state index contributed by atoms with van der Waals surface area (Å²) >= 11 is 0. The van der Waals surface area contributed by atoms with Crippen LogP contribution in [0.4, 0.5) is 0 Å². The molecule has 0 bridgehead atoms. The molecule has 2 nitrogen and oxygen atoms in total. The third-order valence-corrected chi connectivity index (χ3v) is 3.85. The Balaban J connectivity index is 2.03.